The maximum atomic E-state index is 11.8. The van der Waals surface area contributed by atoms with E-state index < -0.39 is 11.9 Å². The molecule has 2 aromatic rings. The van der Waals surface area contributed by atoms with Crippen LogP contribution in [0.2, 0.25) is 0 Å². The molecule has 0 fully saturated rings. The number of hydrogen-bond donors (Lipinski definition) is 0. The lowest BCUT2D eigenvalue weighted by atomic mass is 10.3. The van der Waals surface area contributed by atoms with E-state index in [0.717, 1.165) is 24.5 Å². The molecule has 16 heavy (non-hydrogen) atoms. The van der Waals surface area contributed by atoms with Crippen molar-refractivity contribution < 1.29 is 8.78 Å². The summed E-state index contributed by atoms with van der Waals surface area (Å²) in [4.78, 5) is 9.95. The Morgan fingerprint density at radius 2 is 1.75 bits per heavy atom. The summed E-state index contributed by atoms with van der Waals surface area (Å²) in [6, 6.07) is 5.96. The molecule has 0 amide bonds. The van der Waals surface area contributed by atoms with Crippen molar-refractivity contribution in [3.63, 3.8) is 0 Å². The standard InChI is InChI=1S/C7H9N.C4H2F2N2/c1-2-7-5-3-4-6-8-7;5-3-1-7-4(6)8-2-3/h3-6H,2H2,1H3;1-2H. The fourth-order valence-electron chi connectivity index (χ4n) is 0.904. The predicted molar refractivity (Wildman–Crippen MR) is 55.6 cm³/mol. The third-order valence-corrected chi connectivity index (χ3v) is 1.68. The van der Waals surface area contributed by atoms with Gasteiger partial charge in [0.2, 0.25) is 0 Å². The predicted octanol–water partition coefficient (Wildman–Crippen LogP) is 2.40. The van der Waals surface area contributed by atoms with Crippen molar-refractivity contribution in [1.29, 1.82) is 0 Å². The molecule has 0 radical (unpaired) electrons. The lowest BCUT2D eigenvalue weighted by Gasteiger charge is -1.88. The van der Waals surface area contributed by atoms with E-state index in [9.17, 15) is 8.78 Å². The molecule has 2 heterocycles. The average molecular weight is 223 g/mol. The van der Waals surface area contributed by atoms with Crippen LogP contribution >= 0.6 is 0 Å². The van der Waals surface area contributed by atoms with E-state index in [1.54, 1.807) is 0 Å². The average Bonchev–Trinajstić information content (AvgIpc) is 2.35. The fourth-order valence-corrected chi connectivity index (χ4v) is 0.904. The van der Waals surface area contributed by atoms with Gasteiger partial charge in [0.15, 0.2) is 5.82 Å². The Morgan fingerprint density at radius 1 is 1.06 bits per heavy atom. The minimum absolute atomic E-state index is 0.633. The van der Waals surface area contributed by atoms with Crippen molar-refractivity contribution in [3.8, 4) is 0 Å². The van der Waals surface area contributed by atoms with Crippen LogP contribution in [0.3, 0.4) is 0 Å². The second kappa shape index (κ2) is 6.55. The van der Waals surface area contributed by atoms with Gasteiger partial charge in [0.05, 0.1) is 12.4 Å². The van der Waals surface area contributed by atoms with Crippen LogP contribution in [0.25, 0.3) is 0 Å². The molecule has 0 unspecified atom stereocenters. The number of nitrogens with zero attached hydrogens (tertiary/aromatic N) is 3. The van der Waals surface area contributed by atoms with Gasteiger partial charge in [0.1, 0.15) is 0 Å². The number of aryl methyl sites for hydroxylation is 1. The zero-order valence-electron chi connectivity index (χ0n) is 8.77. The molecule has 2 rings (SSSR count). The summed E-state index contributed by atoms with van der Waals surface area (Å²) in [7, 11) is 0. The maximum absolute atomic E-state index is 11.8. The summed E-state index contributed by atoms with van der Waals surface area (Å²) >= 11 is 0. The number of aromatic nitrogens is 3. The van der Waals surface area contributed by atoms with E-state index in [2.05, 4.69) is 21.9 Å². The summed E-state index contributed by atoms with van der Waals surface area (Å²) in [5, 5.41) is 0. The molecule has 2 aromatic heterocycles. The van der Waals surface area contributed by atoms with Crippen molar-refractivity contribution in [2.45, 2.75) is 13.3 Å². The molecule has 0 aliphatic heterocycles. The number of hydrogen-bond acceptors (Lipinski definition) is 3. The highest BCUT2D eigenvalue weighted by atomic mass is 19.1. The molecular weight excluding hydrogens is 212 g/mol. The van der Waals surface area contributed by atoms with Gasteiger partial charge in [-0.2, -0.15) is 4.39 Å². The molecule has 0 atom stereocenters. The lowest BCUT2D eigenvalue weighted by Crippen LogP contribution is -1.87. The Bertz CT molecular complexity index is 382. The molecule has 0 aliphatic rings. The monoisotopic (exact) mass is 223 g/mol. The van der Waals surface area contributed by atoms with Crippen molar-refractivity contribution in [2.24, 2.45) is 0 Å². The van der Waals surface area contributed by atoms with Gasteiger partial charge in [0.25, 0.3) is 0 Å². The molecule has 0 aromatic carbocycles. The Kier molecular flexibility index (Phi) is 4.98. The van der Waals surface area contributed by atoms with Gasteiger partial charge in [-0.1, -0.05) is 13.0 Å². The van der Waals surface area contributed by atoms with Gasteiger partial charge < -0.3 is 0 Å². The fraction of sp³-hybridized carbons (Fsp3) is 0.182. The van der Waals surface area contributed by atoms with Gasteiger partial charge in [-0.3, -0.25) is 4.98 Å². The molecule has 0 aliphatic carbocycles. The first-order valence-corrected chi connectivity index (χ1v) is 4.75. The largest absolute Gasteiger partial charge is 0.308 e. The van der Waals surface area contributed by atoms with Gasteiger partial charge in [0, 0.05) is 11.9 Å². The third kappa shape index (κ3) is 4.54. The van der Waals surface area contributed by atoms with Gasteiger partial charge in [-0.05, 0) is 18.6 Å². The molecule has 84 valence electrons. The van der Waals surface area contributed by atoms with E-state index in [1.807, 2.05) is 24.4 Å². The molecule has 0 saturated carbocycles. The molecule has 0 spiro atoms. The van der Waals surface area contributed by atoms with Crippen LogP contribution in [-0.2, 0) is 6.42 Å². The highest BCUT2D eigenvalue weighted by Crippen LogP contribution is 1.91. The maximum Gasteiger partial charge on any atom is 0.308 e. The van der Waals surface area contributed by atoms with E-state index >= 15 is 0 Å². The quantitative estimate of drug-likeness (QED) is 0.697. The highest BCUT2D eigenvalue weighted by Gasteiger charge is 1.90. The first-order valence-electron chi connectivity index (χ1n) is 4.75. The molecule has 0 N–H and O–H groups in total. The molecular formula is C11H11F2N3. The molecule has 5 heteroatoms. The van der Waals surface area contributed by atoms with Gasteiger partial charge in [-0.15, -0.1) is 0 Å². The number of halogens is 2. The lowest BCUT2D eigenvalue weighted by molar-refractivity contribution is 0.516. The second-order valence-electron chi connectivity index (χ2n) is 2.84. The highest BCUT2D eigenvalue weighted by molar-refractivity contribution is 5.02. The molecule has 0 bridgehead atoms. The smallest absolute Gasteiger partial charge is 0.261 e. The SMILES string of the molecule is CCc1ccccn1.Fc1cnc(F)nc1. The minimum atomic E-state index is -0.911. The van der Waals surface area contributed by atoms with Crippen molar-refractivity contribution in [3.05, 3.63) is 54.4 Å². The van der Waals surface area contributed by atoms with Crippen molar-refractivity contribution in [1.82, 2.24) is 15.0 Å². The minimum Gasteiger partial charge on any atom is -0.261 e. The summed E-state index contributed by atoms with van der Waals surface area (Å²) in [6.07, 6.45) is 3.47. The Hall–Kier alpha value is -1.91. The number of rotatable bonds is 1. The van der Waals surface area contributed by atoms with Crippen molar-refractivity contribution >= 4 is 0 Å². The van der Waals surface area contributed by atoms with Crippen molar-refractivity contribution in [2.75, 3.05) is 0 Å². The van der Waals surface area contributed by atoms with Crippen LogP contribution in [0.1, 0.15) is 12.6 Å². The summed E-state index contributed by atoms with van der Waals surface area (Å²) in [6.45, 7) is 2.10. The normalized spacial score (nSPS) is 9.19. The van der Waals surface area contributed by atoms with E-state index in [-0.39, 0.29) is 0 Å². The summed E-state index contributed by atoms with van der Waals surface area (Å²) in [5.41, 5.74) is 1.16. The Labute approximate surface area is 92.2 Å². The van der Waals surface area contributed by atoms with E-state index in [4.69, 9.17) is 0 Å². The van der Waals surface area contributed by atoms with E-state index in [1.165, 1.54) is 0 Å². The second-order valence-corrected chi connectivity index (χ2v) is 2.84. The van der Waals surface area contributed by atoms with Gasteiger partial charge >= 0.3 is 6.08 Å². The topological polar surface area (TPSA) is 38.7 Å². The van der Waals surface area contributed by atoms with Crippen LogP contribution in [0, 0.1) is 11.9 Å². The van der Waals surface area contributed by atoms with Crippen LogP contribution < -0.4 is 0 Å². The van der Waals surface area contributed by atoms with E-state index in [0.29, 0.717) is 0 Å². The Balaban J connectivity index is 0.000000160. The number of pyridine rings is 1. The molecule has 0 saturated heterocycles. The van der Waals surface area contributed by atoms with Crippen LogP contribution in [0.4, 0.5) is 8.78 Å². The zero-order valence-corrected chi connectivity index (χ0v) is 8.77. The summed E-state index contributed by atoms with van der Waals surface area (Å²) < 4.78 is 23.5. The summed E-state index contributed by atoms with van der Waals surface area (Å²) in [5.74, 6) is -0.633. The van der Waals surface area contributed by atoms with Crippen LogP contribution in [-0.4, -0.2) is 15.0 Å². The van der Waals surface area contributed by atoms with Crippen LogP contribution in [0.5, 0.6) is 0 Å². The first kappa shape index (κ1) is 12.2. The Morgan fingerprint density at radius 3 is 2.12 bits per heavy atom. The zero-order chi connectivity index (χ0) is 11.8. The molecule has 3 nitrogen and oxygen atoms in total. The first-order chi connectivity index (χ1) is 7.72. The third-order valence-electron chi connectivity index (χ3n) is 1.68. The van der Waals surface area contributed by atoms with Gasteiger partial charge in [-0.25, -0.2) is 14.4 Å². The van der Waals surface area contributed by atoms with Crippen LogP contribution in [0.15, 0.2) is 36.8 Å².